The molecule has 0 amide bonds. The van der Waals surface area contributed by atoms with Crippen molar-refractivity contribution >= 4 is 53.8 Å². The second-order valence-electron chi connectivity index (χ2n) is 0. The Kier molecular flexibility index (Phi) is 170. The van der Waals surface area contributed by atoms with Crippen LogP contribution in [0.5, 0.6) is 0 Å². The molecule has 0 rings (SSSR count). The molecule has 0 saturated carbocycles. The Labute approximate surface area is 70.2 Å². The molecule has 0 spiro atoms. The minimum atomic E-state index is 0. The zero-order valence-electron chi connectivity index (χ0n) is 2.09. The van der Waals surface area contributed by atoms with Gasteiger partial charge in [0, 0.05) is 70.9 Å². The Morgan fingerprint density at radius 1 is 1.00 bits per heavy atom. The van der Waals surface area contributed by atoms with Gasteiger partial charge in [-0.05, 0) is 0 Å². The maximum Gasteiger partial charge on any atom is 0 e. The van der Waals surface area contributed by atoms with Gasteiger partial charge in [-0.3, -0.25) is 0 Å². The van der Waals surface area contributed by atoms with Gasteiger partial charge in [-0.25, -0.2) is 0 Å². The molecule has 20 valence electrons. The van der Waals surface area contributed by atoms with Gasteiger partial charge in [0.1, 0.15) is 0 Å². The molecular formula is CuGaMgSi. The van der Waals surface area contributed by atoms with Crippen molar-refractivity contribution in [3.63, 3.8) is 0 Å². The minimum Gasteiger partial charge on any atom is 0 e. The maximum atomic E-state index is 0. The van der Waals surface area contributed by atoms with E-state index in [2.05, 4.69) is 0 Å². The Balaban J connectivity index is 0. The van der Waals surface area contributed by atoms with E-state index in [9.17, 15) is 0 Å². The predicted molar refractivity (Wildman–Crippen MR) is 17.3 cm³/mol. The summed E-state index contributed by atoms with van der Waals surface area (Å²) in [5, 5.41) is 0. The van der Waals surface area contributed by atoms with Gasteiger partial charge in [-0.2, -0.15) is 0 Å². The van der Waals surface area contributed by atoms with Gasteiger partial charge in [0.25, 0.3) is 0 Å². The number of rotatable bonds is 0. The minimum absolute atomic E-state index is 0. The molecule has 0 unspecified atom stereocenters. The zero-order valence-corrected chi connectivity index (χ0v) is 7.86. The molecule has 0 atom stereocenters. The van der Waals surface area contributed by atoms with Gasteiger partial charge < -0.3 is 0 Å². The Bertz CT molecular complexity index is 8.00. The van der Waals surface area contributed by atoms with Crippen LogP contribution in [0.1, 0.15) is 0 Å². The fourth-order valence-electron chi connectivity index (χ4n) is 0. The van der Waals surface area contributed by atoms with Crippen LogP contribution < -0.4 is 0 Å². The van der Waals surface area contributed by atoms with Gasteiger partial charge in [-0.15, -0.1) is 0 Å². The van der Waals surface area contributed by atoms with E-state index in [4.69, 9.17) is 0 Å². The molecule has 0 heterocycles. The second kappa shape index (κ2) is 19.2. The molecule has 0 aromatic rings. The van der Waals surface area contributed by atoms with Crippen LogP contribution in [0.25, 0.3) is 0 Å². The summed E-state index contributed by atoms with van der Waals surface area (Å²) in [6.45, 7) is 0. The van der Waals surface area contributed by atoms with Crippen molar-refractivity contribution in [2.24, 2.45) is 0 Å². The molecule has 4 heavy (non-hydrogen) atoms. The summed E-state index contributed by atoms with van der Waals surface area (Å²) in [4.78, 5) is 0. The standard InChI is InChI=1S/Cu.Ga.Mg.Si. The molecule has 10 radical (unpaired) electrons. The molecule has 0 aliphatic carbocycles. The van der Waals surface area contributed by atoms with Crippen molar-refractivity contribution in [1.29, 1.82) is 0 Å². The first-order chi connectivity index (χ1) is 0. The van der Waals surface area contributed by atoms with E-state index in [1.165, 1.54) is 0 Å². The van der Waals surface area contributed by atoms with E-state index in [1.54, 1.807) is 0 Å². The second-order valence-corrected chi connectivity index (χ2v) is 0. The van der Waals surface area contributed by atoms with Crippen molar-refractivity contribution in [3.8, 4) is 0 Å². The largest absolute Gasteiger partial charge is 0 e. The van der Waals surface area contributed by atoms with Gasteiger partial charge >= 0.3 is 0 Å². The summed E-state index contributed by atoms with van der Waals surface area (Å²) in [5.41, 5.74) is 0. The summed E-state index contributed by atoms with van der Waals surface area (Å²) in [6, 6.07) is 0. The molecule has 0 N–H and O–H groups in total. The van der Waals surface area contributed by atoms with Crippen LogP contribution in [0.3, 0.4) is 0 Å². The summed E-state index contributed by atoms with van der Waals surface area (Å²) >= 11 is 0. The zero-order chi connectivity index (χ0) is 0. The normalized spacial score (nSPS) is 0. The first-order valence-electron chi connectivity index (χ1n) is 0. The van der Waals surface area contributed by atoms with Crippen LogP contribution >= 0.6 is 0 Å². The molecule has 0 fully saturated rings. The first kappa shape index (κ1) is 35.4. The van der Waals surface area contributed by atoms with Crippen LogP contribution in [0.15, 0.2) is 0 Å². The Hall–Kier alpha value is 2.14. The third-order valence-corrected chi connectivity index (χ3v) is 0. The quantitative estimate of drug-likeness (QED) is 0.419. The van der Waals surface area contributed by atoms with Crippen LogP contribution in [0.2, 0.25) is 0 Å². The van der Waals surface area contributed by atoms with Crippen LogP contribution in [-0.2, 0) is 17.1 Å². The fourth-order valence-corrected chi connectivity index (χ4v) is 0. The van der Waals surface area contributed by atoms with Crippen LogP contribution in [0.4, 0.5) is 0 Å². The summed E-state index contributed by atoms with van der Waals surface area (Å²) in [6.07, 6.45) is 0. The van der Waals surface area contributed by atoms with E-state index >= 15 is 0 Å². The molecule has 0 aliphatic rings. The van der Waals surface area contributed by atoms with Crippen molar-refractivity contribution in [2.75, 3.05) is 0 Å². The van der Waals surface area contributed by atoms with Crippen LogP contribution in [-0.4, -0.2) is 53.8 Å². The molecular weight excluding hydrogens is 186 g/mol. The van der Waals surface area contributed by atoms with E-state index in [0.29, 0.717) is 0 Å². The molecule has 0 aliphatic heterocycles. The molecule has 4 heteroatoms. The van der Waals surface area contributed by atoms with Crippen molar-refractivity contribution in [2.45, 2.75) is 0 Å². The topological polar surface area (TPSA) is 0 Å². The number of hydrogen-bond donors (Lipinski definition) is 0. The van der Waals surface area contributed by atoms with Gasteiger partial charge in [0.15, 0.2) is 0 Å². The van der Waals surface area contributed by atoms with E-state index < -0.39 is 0 Å². The third kappa shape index (κ3) is 8.91. The molecule has 0 bridgehead atoms. The SMILES string of the molecule is [Cu].[Ga].[Mg].[Si]. The van der Waals surface area contributed by atoms with Gasteiger partial charge in [0.2, 0.25) is 0 Å². The average Bonchev–Trinajstić information content (AvgIpc) is 0. The van der Waals surface area contributed by atoms with Crippen LogP contribution in [0, 0.1) is 0 Å². The monoisotopic (exact) mass is 184 g/mol. The smallest absolute Gasteiger partial charge is 0 e. The van der Waals surface area contributed by atoms with Gasteiger partial charge in [-0.1, -0.05) is 0 Å². The van der Waals surface area contributed by atoms with Crippen molar-refractivity contribution in [3.05, 3.63) is 0 Å². The van der Waals surface area contributed by atoms with E-state index in [1.807, 2.05) is 0 Å². The summed E-state index contributed by atoms with van der Waals surface area (Å²) < 4.78 is 0. The molecule has 0 aromatic carbocycles. The van der Waals surface area contributed by atoms with E-state index in [0.717, 1.165) is 0 Å². The molecule has 0 aromatic heterocycles. The van der Waals surface area contributed by atoms with E-state index in [-0.39, 0.29) is 70.9 Å². The van der Waals surface area contributed by atoms with Crippen molar-refractivity contribution < 1.29 is 17.1 Å². The molecule has 0 nitrogen and oxygen atoms in total. The predicted octanol–water partition coefficient (Wildman–Crippen LogP) is -1.14. The third-order valence-electron chi connectivity index (χ3n) is 0. The first-order valence-corrected chi connectivity index (χ1v) is 0. The average molecular weight is 186 g/mol. The van der Waals surface area contributed by atoms with Crippen molar-refractivity contribution in [1.82, 2.24) is 0 Å². The van der Waals surface area contributed by atoms with Gasteiger partial charge in [0.05, 0.1) is 0 Å². The maximum absolute atomic E-state index is 0. The Morgan fingerprint density at radius 3 is 1.00 bits per heavy atom. The molecule has 0 saturated heterocycles. The fraction of sp³-hybridized carbons (Fsp3) is 0. The summed E-state index contributed by atoms with van der Waals surface area (Å²) in [5.74, 6) is 0. The summed E-state index contributed by atoms with van der Waals surface area (Å²) in [7, 11) is 0. The Morgan fingerprint density at radius 2 is 1.00 bits per heavy atom. The number of hydrogen-bond acceptors (Lipinski definition) is 0.